The number of rotatable bonds is 14. The van der Waals surface area contributed by atoms with E-state index in [4.69, 9.17) is 28.8 Å². The summed E-state index contributed by atoms with van der Waals surface area (Å²) < 4.78 is 28.4. The molecule has 8 nitrogen and oxygen atoms in total. The van der Waals surface area contributed by atoms with E-state index in [0.717, 1.165) is 50.0 Å². The second-order valence-electron chi connectivity index (χ2n) is 9.75. The van der Waals surface area contributed by atoms with Gasteiger partial charge in [-0.1, -0.05) is 6.07 Å². The summed E-state index contributed by atoms with van der Waals surface area (Å²) in [5, 5.41) is 8.91. The number of carbonyl (C=O) groups is 1. The number of hydrogen-bond acceptors (Lipinski definition) is 7. The summed E-state index contributed by atoms with van der Waals surface area (Å²) in [5.74, 6) is 2.65. The number of esters is 1. The first-order valence-electron chi connectivity index (χ1n) is 13.0. The minimum Gasteiger partial charge on any atom is -1.00 e. The summed E-state index contributed by atoms with van der Waals surface area (Å²) in [6.45, 7) is 2.13. The third-order valence-electron chi connectivity index (χ3n) is 7.42. The van der Waals surface area contributed by atoms with Gasteiger partial charge < -0.3 is 57.3 Å². The molecule has 38 heavy (non-hydrogen) atoms. The van der Waals surface area contributed by atoms with Crippen molar-refractivity contribution in [2.45, 2.75) is 44.6 Å². The van der Waals surface area contributed by atoms with E-state index in [1.54, 1.807) is 28.4 Å². The molecule has 212 valence electrons. The Bertz CT molecular complexity index is 1050. The quantitative estimate of drug-likeness (QED) is 0.143. The molecule has 0 fully saturated rings. The second-order valence-corrected chi connectivity index (χ2v) is 9.75. The molecule has 2 aromatic rings. The van der Waals surface area contributed by atoms with Crippen molar-refractivity contribution < 1.29 is 62.0 Å². The first-order valence-corrected chi connectivity index (χ1v) is 13.0. The van der Waals surface area contributed by atoms with Crippen LogP contribution in [0.2, 0.25) is 0 Å². The molecule has 2 atom stereocenters. The van der Waals surface area contributed by atoms with Gasteiger partial charge in [-0.15, -0.1) is 0 Å². The van der Waals surface area contributed by atoms with Crippen LogP contribution in [0.25, 0.3) is 0 Å². The van der Waals surface area contributed by atoms with Crippen molar-refractivity contribution in [2.75, 3.05) is 61.8 Å². The van der Waals surface area contributed by atoms with Gasteiger partial charge in [-0.3, -0.25) is 4.79 Å². The molecule has 3 rings (SSSR count). The normalized spacial score (nSPS) is 18.1. The second kappa shape index (κ2) is 15.4. The molecule has 0 aliphatic carbocycles. The first kappa shape index (κ1) is 32.0. The molecule has 0 saturated carbocycles. The predicted molar refractivity (Wildman–Crippen MR) is 142 cm³/mol. The van der Waals surface area contributed by atoms with E-state index in [1.165, 1.54) is 11.1 Å². The van der Waals surface area contributed by atoms with Gasteiger partial charge in [0, 0.05) is 25.0 Å². The lowest BCUT2D eigenvalue weighted by Gasteiger charge is -2.46. The molecule has 9 heteroatoms. The van der Waals surface area contributed by atoms with Gasteiger partial charge in [0.1, 0.15) is 6.04 Å². The maximum absolute atomic E-state index is 12.6. The molecular weight excluding hydrogens is 601 g/mol. The van der Waals surface area contributed by atoms with Crippen molar-refractivity contribution in [3.8, 4) is 23.0 Å². The number of nitrogens with zero attached hydrogens (tertiary/aromatic N) is 1. The number of carbonyl (C=O) groups excluding carboxylic acids is 1. The number of likely N-dealkylation sites (N-methyl/N-ethyl adjacent to an activating group) is 1. The van der Waals surface area contributed by atoms with Gasteiger partial charge in [0.15, 0.2) is 23.0 Å². The van der Waals surface area contributed by atoms with Gasteiger partial charge in [0.2, 0.25) is 0 Å². The molecule has 0 spiro atoms. The third-order valence-corrected chi connectivity index (χ3v) is 7.42. The summed E-state index contributed by atoms with van der Waals surface area (Å²) in [5.41, 5.74) is 3.57. The number of fused-ring (bicyclic) bond motifs is 1. The van der Waals surface area contributed by atoms with E-state index in [9.17, 15) is 4.79 Å². The highest BCUT2D eigenvalue weighted by molar-refractivity contribution is 5.69. The molecule has 0 radical (unpaired) electrons. The van der Waals surface area contributed by atoms with Crippen molar-refractivity contribution in [1.82, 2.24) is 0 Å². The highest BCUT2D eigenvalue weighted by atomic mass is 127. The van der Waals surface area contributed by atoms with Crippen molar-refractivity contribution in [3.63, 3.8) is 0 Å². The van der Waals surface area contributed by atoms with Crippen LogP contribution in [0.1, 0.15) is 48.4 Å². The van der Waals surface area contributed by atoms with E-state index < -0.39 is 0 Å². The van der Waals surface area contributed by atoms with Crippen LogP contribution >= 0.6 is 0 Å². The largest absolute Gasteiger partial charge is 1.00 e. The lowest BCUT2D eigenvalue weighted by Crippen LogP contribution is -3.00. The van der Waals surface area contributed by atoms with Crippen LogP contribution in [0.5, 0.6) is 23.0 Å². The SMILES string of the molecule is COc1ccc(CC2c3cc(OC)c(OC)cc3CC[N+]2(C)CCC(=O)OCCCCCO)cc1OC.[I-]. The Morgan fingerprint density at radius 3 is 2.24 bits per heavy atom. The van der Waals surface area contributed by atoms with E-state index in [2.05, 4.69) is 25.2 Å². The van der Waals surface area contributed by atoms with Gasteiger partial charge in [0.25, 0.3) is 0 Å². The third kappa shape index (κ3) is 7.89. The van der Waals surface area contributed by atoms with E-state index >= 15 is 0 Å². The number of unbranched alkanes of at least 4 members (excludes halogenated alkanes) is 2. The number of hydrogen-bond donors (Lipinski definition) is 1. The Morgan fingerprint density at radius 1 is 0.921 bits per heavy atom. The molecule has 0 aromatic heterocycles. The molecule has 0 bridgehead atoms. The number of quaternary nitrogens is 1. The zero-order valence-corrected chi connectivity index (χ0v) is 25.4. The average molecular weight is 644 g/mol. The Hall–Kier alpha value is -2.24. The van der Waals surface area contributed by atoms with Crippen molar-refractivity contribution in [1.29, 1.82) is 0 Å². The van der Waals surface area contributed by atoms with Crippen LogP contribution in [0.4, 0.5) is 0 Å². The predicted octanol–water partition coefficient (Wildman–Crippen LogP) is 1.11. The lowest BCUT2D eigenvalue weighted by atomic mass is 9.86. The van der Waals surface area contributed by atoms with Crippen molar-refractivity contribution in [2.24, 2.45) is 0 Å². The molecule has 1 heterocycles. The van der Waals surface area contributed by atoms with E-state index in [1.807, 2.05) is 12.1 Å². The maximum atomic E-state index is 12.6. The Morgan fingerprint density at radius 2 is 1.58 bits per heavy atom. The van der Waals surface area contributed by atoms with Crippen LogP contribution in [-0.4, -0.2) is 77.3 Å². The zero-order valence-electron chi connectivity index (χ0n) is 23.3. The summed E-state index contributed by atoms with van der Waals surface area (Å²) >= 11 is 0. The minimum absolute atomic E-state index is 0. The number of halogens is 1. The fourth-order valence-electron chi connectivity index (χ4n) is 5.16. The molecule has 0 amide bonds. The number of ether oxygens (including phenoxy) is 5. The molecule has 1 aliphatic rings. The molecule has 2 unspecified atom stereocenters. The lowest BCUT2D eigenvalue weighted by molar-refractivity contribution is -0.940. The Kier molecular flexibility index (Phi) is 12.9. The van der Waals surface area contributed by atoms with Crippen LogP contribution in [0.15, 0.2) is 30.3 Å². The Balaban J connectivity index is 0.00000507. The average Bonchev–Trinajstić information content (AvgIpc) is 2.92. The molecule has 2 aromatic carbocycles. The van der Waals surface area contributed by atoms with Crippen LogP contribution < -0.4 is 42.9 Å². The summed E-state index contributed by atoms with van der Waals surface area (Å²) in [4.78, 5) is 12.6. The standard InChI is InChI=1S/C29H42NO7.HI/c1-30(14-12-29(32)37-16-8-6-7-15-31)13-11-22-19-27(35-4)28(36-5)20-23(22)24(30)17-21-9-10-25(33-2)26(18-21)34-3;/h9-10,18-20,24,31H,6-8,11-17H2,1-5H3;1H/q+1;/p-1. The maximum Gasteiger partial charge on any atom is 0.311 e. The number of benzene rings is 2. The number of aliphatic hydroxyl groups is 1. The van der Waals surface area contributed by atoms with Crippen LogP contribution in [-0.2, 0) is 22.4 Å². The first-order chi connectivity index (χ1) is 17.9. The topological polar surface area (TPSA) is 83.5 Å². The van der Waals surface area contributed by atoms with Gasteiger partial charge in [0.05, 0.1) is 61.6 Å². The highest BCUT2D eigenvalue weighted by Gasteiger charge is 2.40. The summed E-state index contributed by atoms with van der Waals surface area (Å²) in [6, 6.07) is 10.3. The van der Waals surface area contributed by atoms with Gasteiger partial charge in [-0.05, 0) is 54.7 Å². The fraction of sp³-hybridized carbons (Fsp3) is 0.552. The van der Waals surface area contributed by atoms with E-state index in [0.29, 0.717) is 41.3 Å². The molecular formula is C29H42INO7. The van der Waals surface area contributed by atoms with Crippen LogP contribution in [0.3, 0.4) is 0 Å². The molecule has 0 saturated heterocycles. The Labute approximate surface area is 243 Å². The van der Waals surface area contributed by atoms with E-state index in [-0.39, 0.29) is 42.6 Å². The smallest absolute Gasteiger partial charge is 0.311 e. The van der Waals surface area contributed by atoms with Crippen molar-refractivity contribution >= 4 is 5.97 Å². The highest BCUT2D eigenvalue weighted by Crippen LogP contribution is 2.43. The van der Waals surface area contributed by atoms with Gasteiger partial charge >= 0.3 is 5.97 Å². The van der Waals surface area contributed by atoms with Crippen LogP contribution in [0, 0.1) is 0 Å². The molecule has 1 aliphatic heterocycles. The fourth-order valence-corrected chi connectivity index (χ4v) is 5.16. The van der Waals surface area contributed by atoms with Crippen molar-refractivity contribution in [3.05, 3.63) is 47.0 Å². The van der Waals surface area contributed by atoms with Gasteiger partial charge in [-0.25, -0.2) is 0 Å². The number of aliphatic hydroxyl groups excluding tert-OH is 1. The molecule has 1 N–H and O–H groups in total. The monoisotopic (exact) mass is 643 g/mol. The minimum atomic E-state index is -0.175. The summed E-state index contributed by atoms with van der Waals surface area (Å²) in [7, 11) is 8.81. The van der Waals surface area contributed by atoms with Gasteiger partial charge in [-0.2, -0.15) is 0 Å². The zero-order chi connectivity index (χ0) is 26.8. The number of methoxy groups -OCH3 is 4. The summed E-state index contributed by atoms with van der Waals surface area (Å²) in [6.07, 6.45) is 4.35.